The van der Waals surface area contributed by atoms with Gasteiger partial charge in [0.15, 0.2) is 0 Å². The molecular formula is C14H9O2. The zero-order chi connectivity index (χ0) is 11.4. The van der Waals surface area contributed by atoms with E-state index in [9.17, 15) is 9.59 Å². The van der Waals surface area contributed by atoms with Crippen LogP contribution in [0.25, 0.3) is 11.1 Å². The van der Waals surface area contributed by atoms with Gasteiger partial charge in [0, 0.05) is 5.56 Å². The molecule has 0 saturated heterocycles. The molecule has 2 nitrogen and oxygen atoms in total. The van der Waals surface area contributed by atoms with Crippen molar-refractivity contribution >= 4 is 12.1 Å². The second kappa shape index (κ2) is 4.53. The van der Waals surface area contributed by atoms with Crippen LogP contribution < -0.4 is 0 Å². The zero-order valence-electron chi connectivity index (χ0n) is 8.51. The van der Waals surface area contributed by atoms with E-state index in [0.717, 1.165) is 11.1 Å². The van der Waals surface area contributed by atoms with Gasteiger partial charge >= 0.3 is 0 Å². The number of rotatable bonds is 3. The van der Waals surface area contributed by atoms with E-state index in [1.807, 2.05) is 36.4 Å². The van der Waals surface area contributed by atoms with E-state index in [2.05, 4.69) is 0 Å². The molecule has 0 unspecified atom stereocenters. The minimum atomic E-state index is -0.613. The fourth-order valence-electron chi connectivity index (χ4n) is 1.53. The van der Waals surface area contributed by atoms with Crippen LogP contribution in [0.15, 0.2) is 54.6 Å². The van der Waals surface area contributed by atoms with Crippen LogP contribution in [0.5, 0.6) is 0 Å². The molecular weight excluding hydrogens is 200 g/mol. The Bertz CT molecular complexity index is 515. The minimum absolute atomic E-state index is 0.372. The molecule has 0 aromatic heterocycles. The van der Waals surface area contributed by atoms with E-state index in [-0.39, 0.29) is 0 Å². The topological polar surface area (TPSA) is 34.1 Å². The summed E-state index contributed by atoms with van der Waals surface area (Å²) in [5.41, 5.74) is 2.31. The zero-order valence-corrected chi connectivity index (χ0v) is 8.51. The van der Waals surface area contributed by atoms with E-state index < -0.39 is 5.78 Å². The average molecular weight is 209 g/mol. The maximum Gasteiger partial charge on any atom is 0.277 e. The van der Waals surface area contributed by atoms with Gasteiger partial charge in [0.25, 0.3) is 6.29 Å². The monoisotopic (exact) mass is 209 g/mol. The van der Waals surface area contributed by atoms with Crippen LogP contribution >= 0.6 is 0 Å². The van der Waals surface area contributed by atoms with Gasteiger partial charge in [0.2, 0.25) is 5.78 Å². The van der Waals surface area contributed by atoms with Crippen molar-refractivity contribution in [3.8, 4) is 11.1 Å². The standard InChI is InChI=1S/C14H9O2/c15-10-14(16)13-8-4-7-12(9-13)11-5-2-1-3-6-11/h1-9H. The lowest BCUT2D eigenvalue weighted by molar-refractivity contribution is 0.106. The first-order valence-corrected chi connectivity index (χ1v) is 4.89. The molecule has 0 bridgehead atoms. The molecule has 77 valence electrons. The van der Waals surface area contributed by atoms with Gasteiger partial charge in [-0.25, -0.2) is 0 Å². The number of benzene rings is 2. The smallest absolute Gasteiger partial charge is 0.277 e. The van der Waals surface area contributed by atoms with E-state index in [4.69, 9.17) is 0 Å². The lowest BCUT2D eigenvalue weighted by Crippen LogP contribution is -1.99. The van der Waals surface area contributed by atoms with Crippen LogP contribution in [0.1, 0.15) is 10.4 Å². The third kappa shape index (κ3) is 2.06. The van der Waals surface area contributed by atoms with Crippen molar-refractivity contribution < 1.29 is 9.59 Å². The maximum absolute atomic E-state index is 11.2. The summed E-state index contributed by atoms with van der Waals surface area (Å²) in [6.45, 7) is 0. The lowest BCUT2D eigenvalue weighted by Gasteiger charge is -2.02. The number of Topliss-reactive ketones (excluding diaryl/α,β-unsaturated/α-hetero) is 1. The molecule has 0 amide bonds. The molecule has 2 aromatic rings. The molecule has 0 aliphatic rings. The van der Waals surface area contributed by atoms with Gasteiger partial charge < -0.3 is 0 Å². The second-order valence-electron chi connectivity index (χ2n) is 3.38. The highest BCUT2D eigenvalue weighted by atomic mass is 16.2. The Labute approximate surface area is 93.5 Å². The molecule has 2 aromatic carbocycles. The molecule has 0 spiro atoms. The summed E-state index contributed by atoms with van der Waals surface area (Å²) in [5.74, 6) is -0.613. The minimum Gasteiger partial charge on any atom is -0.285 e. The Kier molecular flexibility index (Phi) is 2.92. The number of carbonyl (C=O) groups is 1. The molecule has 0 heterocycles. The molecule has 2 heteroatoms. The summed E-state index contributed by atoms with van der Waals surface area (Å²) in [6, 6.07) is 16.7. The van der Waals surface area contributed by atoms with Gasteiger partial charge in [-0.2, -0.15) is 0 Å². The van der Waals surface area contributed by atoms with Gasteiger partial charge in [0.1, 0.15) is 0 Å². The van der Waals surface area contributed by atoms with Crippen molar-refractivity contribution in [2.45, 2.75) is 0 Å². The highest BCUT2D eigenvalue weighted by Crippen LogP contribution is 2.19. The van der Waals surface area contributed by atoms with Gasteiger partial charge in [-0.3, -0.25) is 9.59 Å². The van der Waals surface area contributed by atoms with Crippen LogP contribution in [0.3, 0.4) is 0 Å². The average Bonchev–Trinajstić information content (AvgIpc) is 2.39. The molecule has 1 radical (unpaired) electrons. The lowest BCUT2D eigenvalue weighted by atomic mass is 10.0. The number of ketones is 1. The van der Waals surface area contributed by atoms with Crippen LogP contribution in [-0.4, -0.2) is 12.1 Å². The van der Waals surface area contributed by atoms with E-state index in [0.29, 0.717) is 5.56 Å². The first-order chi connectivity index (χ1) is 7.81. The Hall–Kier alpha value is -2.22. The molecule has 0 aliphatic heterocycles. The predicted octanol–water partition coefficient (Wildman–Crippen LogP) is 2.65. The molecule has 16 heavy (non-hydrogen) atoms. The van der Waals surface area contributed by atoms with Gasteiger partial charge in [-0.1, -0.05) is 48.5 Å². The fourth-order valence-corrected chi connectivity index (χ4v) is 1.53. The fraction of sp³-hybridized carbons (Fsp3) is 0. The molecule has 2 rings (SSSR count). The Morgan fingerprint density at radius 2 is 1.56 bits per heavy atom. The van der Waals surface area contributed by atoms with Crippen molar-refractivity contribution in [3.63, 3.8) is 0 Å². The maximum atomic E-state index is 11.2. The van der Waals surface area contributed by atoms with Crippen LogP contribution in [0, 0.1) is 0 Å². The Morgan fingerprint density at radius 3 is 2.25 bits per heavy atom. The highest BCUT2D eigenvalue weighted by Gasteiger charge is 2.06. The van der Waals surface area contributed by atoms with Crippen molar-refractivity contribution in [2.24, 2.45) is 0 Å². The van der Waals surface area contributed by atoms with E-state index in [1.165, 1.54) is 6.29 Å². The molecule has 0 fully saturated rings. The van der Waals surface area contributed by atoms with Gasteiger partial charge in [-0.15, -0.1) is 0 Å². The SMILES string of the molecule is O=[C]C(=O)c1cccc(-c2ccccc2)c1. The summed E-state index contributed by atoms with van der Waals surface area (Å²) >= 11 is 0. The third-order valence-electron chi connectivity index (χ3n) is 2.32. The third-order valence-corrected chi connectivity index (χ3v) is 2.32. The summed E-state index contributed by atoms with van der Waals surface area (Å²) in [6.07, 6.45) is 1.37. The summed E-state index contributed by atoms with van der Waals surface area (Å²) in [5, 5.41) is 0. The highest BCUT2D eigenvalue weighted by molar-refractivity contribution is 6.33. The van der Waals surface area contributed by atoms with Crippen molar-refractivity contribution in [1.82, 2.24) is 0 Å². The molecule has 0 atom stereocenters. The number of hydrogen-bond acceptors (Lipinski definition) is 2. The second-order valence-corrected chi connectivity index (χ2v) is 3.38. The number of carbonyl (C=O) groups excluding carboxylic acids is 2. The van der Waals surface area contributed by atoms with Crippen LogP contribution in [0.4, 0.5) is 0 Å². The Morgan fingerprint density at radius 1 is 0.875 bits per heavy atom. The number of hydrogen-bond donors (Lipinski definition) is 0. The first-order valence-electron chi connectivity index (χ1n) is 4.89. The Balaban J connectivity index is 2.44. The van der Waals surface area contributed by atoms with Crippen molar-refractivity contribution in [2.75, 3.05) is 0 Å². The summed E-state index contributed by atoms with van der Waals surface area (Å²) < 4.78 is 0. The van der Waals surface area contributed by atoms with Gasteiger partial charge in [0.05, 0.1) is 0 Å². The van der Waals surface area contributed by atoms with Crippen LogP contribution in [0.2, 0.25) is 0 Å². The molecule has 0 N–H and O–H groups in total. The van der Waals surface area contributed by atoms with Crippen LogP contribution in [-0.2, 0) is 4.79 Å². The van der Waals surface area contributed by atoms with E-state index >= 15 is 0 Å². The van der Waals surface area contributed by atoms with E-state index in [1.54, 1.807) is 18.2 Å². The first kappa shape index (κ1) is 10.3. The quantitative estimate of drug-likeness (QED) is 0.575. The van der Waals surface area contributed by atoms with Crippen molar-refractivity contribution in [1.29, 1.82) is 0 Å². The summed E-state index contributed by atoms with van der Waals surface area (Å²) in [7, 11) is 0. The van der Waals surface area contributed by atoms with Gasteiger partial charge in [-0.05, 0) is 17.2 Å². The molecule has 0 aliphatic carbocycles. The predicted molar refractivity (Wildman–Crippen MR) is 61.9 cm³/mol. The largest absolute Gasteiger partial charge is 0.285 e. The normalized spacial score (nSPS) is 9.75. The molecule has 0 saturated carbocycles. The summed E-state index contributed by atoms with van der Waals surface area (Å²) in [4.78, 5) is 21.5. The van der Waals surface area contributed by atoms with Crippen molar-refractivity contribution in [3.05, 3.63) is 60.2 Å².